The number of pyridine rings is 1. The van der Waals surface area contributed by atoms with E-state index in [2.05, 4.69) is 11.6 Å². The van der Waals surface area contributed by atoms with Gasteiger partial charge in [0.25, 0.3) is 0 Å². The summed E-state index contributed by atoms with van der Waals surface area (Å²) in [7, 11) is 1.61. The van der Waals surface area contributed by atoms with Crippen LogP contribution in [0.5, 0.6) is 17.4 Å². The molecule has 1 heterocycles. The summed E-state index contributed by atoms with van der Waals surface area (Å²) < 4.78 is 11.1. The van der Waals surface area contributed by atoms with Gasteiger partial charge in [-0.05, 0) is 42.2 Å². The van der Waals surface area contributed by atoms with Crippen molar-refractivity contribution in [3.8, 4) is 17.4 Å². The molecule has 0 saturated heterocycles. The summed E-state index contributed by atoms with van der Waals surface area (Å²) in [5.41, 5.74) is 10.1. The zero-order valence-corrected chi connectivity index (χ0v) is 12.5. The van der Waals surface area contributed by atoms with Crippen LogP contribution in [0, 0.1) is 0 Å². The average Bonchev–Trinajstić information content (AvgIpc) is 3.40. The molecule has 1 aliphatic rings. The van der Waals surface area contributed by atoms with Crippen molar-refractivity contribution in [2.24, 2.45) is 5.73 Å². The third kappa shape index (κ3) is 2.96. The van der Waals surface area contributed by atoms with Gasteiger partial charge in [-0.2, -0.15) is 0 Å². The number of methoxy groups -OCH3 is 1. The standard InChI is InChI=1S/C18H18N2O2/c1-3-12-4-8-15(16(10-12)21-2)22-17-9-7-14(11-20-17)18(19)13-5-6-13/h3-4,7-11H,1,5-6,19H2,2H3. The Morgan fingerprint density at radius 1 is 1.23 bits per heavy atom. The summed E-state index contributed by atoms with van der Waals surface area (Å²) in [6, 6.07) is 9.35. The van der Waals surface area contributed by atoms with Gasteiger partial charge in [0.05, 0.1) is 7.11 Å². The third-order valence-corrected chi connectivity index (χ3v) is 3.57. The first-order chi connectivity index (χ1) is 10.7. The molecule has 22 heavy (non-hydrogen) atoms. The molecule has 0 unspecified atom stereocenters. The van der Waals surface area contributed by atoms with Crippen LogP contribution in [0.3, 0.4) is 0 Å². The fourth-order valence-electron chi connectivity index (χ4n) is 2.14. The minimum atomic E-state index is 0.502. The first-order valence-corrected chi connectivity index (χ1v) is 7.13. The largest absolute Gasteiger partial charge is 0.493 e. The van der Waals surface area contributed by atoms with E-state index >= 15 is 0 Å². The number of nitrogens with zero attached hydrogens (tertiary/aromatic N) is 1. The molecule has 0 radical (unpaired) electrons. The highest BCUT2D eigenvalue weighted by atomic mass is 16.5. The molecule has 0 atom stereocenters. The predicted molar refractivity (Wildman–Crippen MR) is 87.7 cm³/mol. The van der Waals surface area contributed by atoms with Crippen LogP contribution < -0.4 is 15.2 Å². The summed E-state index contributed by atoms with van der Waals surface area (Å²) in [5.74, 6) is 1.76. The molecule has 1 fully saturated rings. The van der Waals surface area contributed by atoms with Crippen LogP contribution in [0.4, 0.5) is 0 Å². The maximum absolute atomic E-state index is 6.05. The molecule has 1 aromatic carbocycles. The van der Waals surface area contributed by atoms with E-state index in [4.69, 9.17) is 15.2 Å². The number of ether oxygens (including phenoxy) is 2. The van der Waals surface area contributed by atoms with Crippen molar-refractivity contribution in [2.45, 2.75) is 12.8 Å². The third-order valence-electron chi connectivity index (χ3n) is 3.57. The quantitative estimate of drug-likeness (QED) is 0.906. The lowest BCUT2D eigenvalue weighted by molar-refractivity contribution is 0.374. The van der Waals surface area contributed by atoms with E-state index in [-0.39, 0.29) is 0 Å². The minimum absolute atomic E-state index is 0.502. The summed E-state index contributed by atoms with van der Waals surface area (Å²) >= 11 is 0. The molecule has 1 saturated carbocycles. The van der Waals surface area contributed by atoms with E-state index in [1.54, 1.807) is 19.4 Å². The molecule has 0 amide bonds. The van der Waals surface area contributed by atoms with Gasteiger partial charge in [0.1, 0.15) is 0 Å². The van der Waals surface area contributed by atoms with Crippen LogP contribution in [-0.2, 0) is 0 Å². The maximum Gasteiger partial charge on any atom is 0.219 e. The molecule has 0 spiro atoms. The smallest absolute Gasteiger partial charge is 0.219 e. The van der Waals surface area contributed by atoms with Crippen LogP contribution >= 0.6 is 0 Å². The molecule has 112 valence electrons. The Bertz CT molecular complexity index is 727. The second kappa shape index (κ2) is 5.93. The Kier molecular flexibility index (Phi) is 3.83. The lowest BCUT2D eigenvalue weighted by atomic mass is 10.2. The highest BCUT2D eigenvalue weighted by Gasteiger charge is 2.17. The first kappa shape index (κ1) is 14.2. The molecule has 2 aromatic rings. The van der Waals surface area contributed by atoms with Crippen LogP contribution in [0.1, 0.15) is 24.0 Å². The fraction of sp³-hybridized carbons (Fsp3) is 0.167. The van der Waals surface area contributed by atoms with E-state index in [0.29, 0.717) is 17.4 Å². The van der Waals surface area contributed by atoms with Gasteiger partial charge in [-0.3, -0.25) is 0 Å². The highest BCUT2D eigenvalue weighted by molar-refractivity contribution is 5.68. The topological polar surface area (TPSA) is 57.4 Å². The van der Waals surface area contributed by atoms with Gasteiger partial charge in [-0.1, -0.05) is 18.7 Å². The Balaban J connectivity index is 1.81. The molecule has 4 heteroatoms. The number of rotatable bonds is 5. The molecule has 0 bridgehead atoms. The monoisotopic (exact) mass is 294 g/mol. The molecule has 4 nitrogen and oxygen atoms in total. The Morgan fingerprint density at radius 2 is 2.05 bits per heavy atom. The number of aromatic nitrogens is 1. The summed E-state index contributed by atoms with van der Waals surface area (Å²) in [6.45, 7) is 3.74. The van der Waals surface area contributed by atoms with Crippen LogP contribution in [0.25, 0.3) is 11.8 Å². The second-order valence-electron chi connectivity index (χ2n) is 5.12. The molecule has 1 aromatic heterocycles. The number of nitrogens with two attached hydrogens (primary N) is 1. The van der Waals surface area contributed by atoms with Crippen molar-refractivity contribution in [1.29, 1.82) is 0 Å². The lowest BCUT2D eigenvalue weighted by Gasteiger charge is -2.10. The summed E-state index contributed by atoms with van der Waals surface area (Å²) in [5, 5.41) is 0. The Labute approximate surface area is 129 Å². The van der Waals surface area contributed by atoms with Gasteiger partial charge < -0.3 is 15.2 Å². The van der Waals surface area contributed by atoms with Gasteiger partial charge in [0, 0.05) is 23.5 Å². The van der Waals surface area contributed by atoms with Gasteiger partial charge >= 0.3 is 0 Å². The van der Waals surface area contributed by atoms with Crippen molar-refractivity contribution in [1.82, 2.24) is 4.98 Å². The normalized spacial score (nSPS) is 12.7. The SMILES string of the molecule is C=Cc1ccc(Oc2ccc(C(N)=C3CC3)cn2)c(OC)c1. The number of hydrogen-bond acceptors (Lipinski definition) is 4. The molecule has 0 aliphatic heterocycles. The second-order valence-corrected chi connectivity index (χ2v) is 5.12. The average molecular weight is 294 g/mol. The molecule has 2 N–H and O–H groups in total. The van der Waals surface area contributed by atoms with E-state index in [1.165, 1.54) is 5.57 Å². The van der Waals surface area contributed by atoms with Crippen molar-refractivity contribution in [2.75, 3.05) is 7.11 Å². The number of benzene rings is 1. The number of allylic oxidation sites excluding steroid dienone is 1. The van der Waals surface area contributed by atoms with Gasteiger partial charge in [0.2, 0.25) is 5.88 Å². The van der Waals surface area contributed by atoms with Crippen molar-refractivity contribution < 1.29 is 9.47 Å². The number of hydrogen-bond donors (Lipinski definition) is 1. The van der Waals surface area contributed by atoms with E-state index in [0.717, 1.165) is 29.7 Å². The fourth-order valence-corrected chi connectivity index (χ4v) is 2.14. The Morgan fingerprint density at radius 3 is 2.64 bits per heavy atom. The van der Waals surface area contributed by atoms with E-state index < -0.39 is 0 Å². The molecular weight excluding hydrogens is 276 g/mol. The van der Waals surface area contributed by atoms with Crippen LogP contribution in [0.2, 0.25) is 0 Å². The first-order valence-electron chi connectivity index (χ1n) is 7.13. The zero-order chi connectivity index (χ0) is 15.5. The van der Waals surface area contributed by atoms with Gasteiger partial charge in [-0.15, -0.1) is 0 Å². The van der Waals surface area contributed by atoms with Crippen molar-refractivity contribution in [3.63, 3.8) is 0 Å². The van der Waals surface area contributed by atoms with Crippen LogP contribution in [-0.4, -0.2) is 12.1 Å². The lowest BCUT2D eigenvalue weighted by Crippen LogP contribution is -1.98. The molecule has 3 rings (SSSR count). The van der Waals surface area contributed by atoms with E-state index in [9.17, 15) is 0 Å². The molecular formula is C18H18N2O2. The van der Waals surface area contributed by atoms with Crippen molar-refractivity contribution in [3.05, 3.63) is 59.8 Å². The highest BCUT2D eigenvalue weighted by Crippen LogP contribution is 2.35. The zero-order valence-electron chi connectivity index (χ0n) is 12.5. The van der Waals surface area contributed by atoms with Gasteiger partial charge in [0.15, 0.2) is 11.5 Å². The maximum atomic E-state index is 6.05. The van der Waals surface area contributed by atoms with Crippen LogP contribution in [0.15, 0.2) is 48.7 Å². The van der Waals surface area contributed by atoms with Crippen molar-refractivity contribution >= 4 is 11.8 Å². The summed E-state index contributed by atoms with van der Waals surface area (Å²) in [6.07, 6.45) is 5.68. The predicted octanol–water partition coefficient (Wildman–Crippen LogP) is 3.99. The van der Waals surface area contributed by atoms with E-state index in [1.807, 2.05) is 30.3 Å². The minimum Gasteiger partial charge on any atom is -0.493 e. The molecule has 1 aliphatic carbocycles. The Hall–Kier alpha value is -2.75. The summed E-state index contributed by atoms with van der Waals surface area (Å²) in [4.78, 5) is 4.31. The van der Waals surface area contributed by atoms with Gasteiger partial charge in [-0.25, -0.2) is 4.98 Å².